The van der Waals surface area contributed by atoms with Crippen LogP contribution in [0.3, 0.4) is 0 Å². The van der Waals surface area contributed by atoms with Crippen LogP contribution in [-0.2, 0) is 11.2 Å². The van der Waals surface area contributed by atoms with E-state index < -0.39 is 17.7 Å². The van der Waals surface area contributed by atoms with Crippen molar-refractivity contribution >= 4 is 11.1 Å². The van der Waals surface area contributed by atoms with Gasteiger partial charge in [0.1, 0.15) is 23.0 Å². The average Bonchev–Trinajstić information content (AvgIpc) is 3.25. The predicted molar refractivity (Wildman–Crippen MR) is 123 cm³/mol. The molecule has 5 rings (SSSR count). The van der Waals surface area contributed by atoms with E-state index in [1.807, 2.05) is 38.1 Å². The lowest BCUT2D eigenvalue weighted by Gasteiger charge is -2.42. The lowest BCUT2D eigenvalue weighted by molar-refractivity contribution is -0.0578. The maximum Gasteiger partial charge on any atom is 0.229 e. The second-order valence-electron chi connectivity index (χ2n) is 9.17. The summed E-state index contributed by atoms with van der Waals surface area (Å²) < 4.78 is 17.9. The average molecular weight is 449 g/mol. The number of nitriles is 1. The first-order valence-corrected chi connectivity index (χ1v) is 11.3. The van der Waals surface area contributed by atoms with Gasteiger partial charge in [-0.25, -0.2) is 4.98 Å². The fourth-order valence-corrected chi connectivity index (χ4v) is 4.68. The number of benzene rings is 2. The van der Waals surface area contributed by atoms with Gasteiger partial charge in [0.25, 0.3) is 0 Å². The first-order valence-electron chi connectivity index (χ1n) is 11.3. The standard InChI is InChI=1S/C25H28N4O4/c1-25(2)23(30)21(27)17-13-15(14-26)20(24-28-18-5-3-4-6-19(18)32-24)16(22(17)33-25)7-8-29-9-11-31-12-10-29/h3-6,13,21,23,30H,7-12,27H2,1-2H3. The van der Waals surface area contributed by atoms with Gasteiger partial charge >= 0.3 is 0 Å². The summed E-state index contributed by atoms with van der Waals surface area (Å²) in [6, 6.07) is 10.9. The molecule has 0 aliphatic carbocycles. The Hall–Kier alpha value is -2.96. The van der Waals surface area contributed by atoms with Crippen molar-refractivity contribution < 1.29 is 19.0 Å². The summed E-state index contributed by atoms with van der Waals surface area (Å²) in [6.07, 6.45) is -0.288. The molecular formula is C25H28N4O4. The van der Waals surface area contributed by atoms with E-state index >= 15 is 0 Å². The van der Waals surface area contributed by atoms with Gasteiger partial charge in [-0.05, 0) is 38.5 Å². The van der Waals surface area contributed by atoms with Crippen molar-refractivity contribution in [3.05, 3.63) is 47.0 Å². The van der Waals surface area contributed by atoms with Crippen LogP contribution in [0, 0.1) is 11.3 Å². The van der Waals surface area contributed by atoms with Crippen molar-refractivity contribution in [3.63, 3.8) is 0 Å². The number of fused-ring (bicyclic) bond motifs is 2. The van der Waals surface area contributed by atoms with Gasteiger partial charge in [0.05, 0.1) is 36.5 Å². The van der Waals surface area contributed by atoms with E-state index in [9.17, 15) is 10.4 Å². The minimum atomic E-state index is -0.904. The van der Waals surface area contributed by atoms with Crippen LogP contribution in [0.5, 0.6) is 5.75 Å². The Balaban J connectivity index is 1.68. The number of hydrogen-bond donors (Lipinski definition) is 2. The van der Waals surface area contributed by atoms with Crippen LogP contribution in [0.25, 0.3) is 22.6 Å². The van der Waals surface area contributed by atoms with E-state index in [4.69, 9.17) is 19.6 Å². The molecule has 8 nitrogen and oxygen atoms in total. The number of aromatic nitrogens is 1. The van der Waals surface area contributed by atoms with Crippen LogP contribution in [0.2, 0.25) is 0 Å². The molecule has 2 unspecified atom stereocenters. The molecule has 172 valence electrons. The molecule has 3 N–H and O–H groups in total. The number of hydrogen-bond acceptors (Lipinski definition) is 8. The zero-order chi connectivity index (χ0) is 23.2. The highest BCUT2D eigenvalue weighted by Crippen LogP contribution is 2.46. The van der Waals surface area contributed by atoms with E-state index in [0.717, 1.165) is 30.7 Å². The molecule has 0 bridgehead atoms. The summed E-state index contributed by atoms with van der Waals surface area (Å²) in [4.78, 5) is 7.01. The number of aliphatic hydroxyl groups excluding tert-OH is 1. The van der Waals surface area contributed by atoms with Gasteiger partial charge in [-0.2, -0.15) is 5.26 Å². The van der Waals surface area contributed by atoms with Crippen molar-refractivity contribution in [2.24, 2.45) is 5.73 Å². The van der Waals surface area contributed by atoms with Crippen LogP contribution in [0.15, 0.2) is 34.7 Å². The first-order chi connectivity index (χ1) is 15.9. The number of ether oxygens (including phenoxy) is 2. The Morgan fingerprint density at radius 3 is 2.76 bits per heavy atom. The maximum atomic E-state index is 10.7. The molecule has 1 saturated heterocycles. The molecular weight excluding hydrogens is 420 g/mol. The zero-order valence-corrected chi connectivity index (χ0v) is 18.9. The number of aliphatic hydroxyl groups is 1. The highest BCUT2D eigenvalue weighted by Gasteiger charge is 2.43. The molecule has 2 aliphatic heterocycles. The van der Waals surface area contributed by atoms with E-state index in [-0.39, 0.29) is 0 Å². The molecule has 33 heavy (non-hydrogen) atoms. The molecule has 3 heterocycles. The maximum absolute atomic E-state index is 10.7. The Morgan fingerprint density at radius 1 is 1.27 bits per heavy atom. The number of morpholine rings is 1. The third-order valence-corrected chi connectivity index (χ3v) is 6.59. The Kier molecular flexibility index (Phi) is 5.59. The third kappa shape index (κ3) is 3.87. The fraction of sp³-hybridized carbons (Fsp3) is 0.440. The third-order valence-electron chi connectivity index (χ3n) is 6.59. The summed E-state index contributed by atoms with van der Waals surface area (Å²) in [5, 5.41) is 20.8. The molecule has 2 aliphatic rings. The monoisotopic (exact) mass is 448 g/mol. The van der Waals surface area contributed by atoms with E-state index in [0.29, 0.717) is 53.5 Å². The van der Waals surface area contributed by atoms with Crippen LogP contribution >= 0.6 is 0 Å². The number of para-hydroxylation sites is 2. The molecule has 2 atom stereocenters. The summed E-state index contributed by atoms with van der Waals surface area (Å²) in [7, 11) is 0. The van der Waals surface area contributed by atoms with E-state index in [1.54, 1.807) is 6.07 Å². The summed E-state index contributed by atoms with van der Waals surface area (Å²) in [5.41, 5.74) is 9.43. The van der Waals surface area contributed by atoms with Crippen molar-refractivity contribution in [1.82, 2.24) is 9.88 Å². The highest BCUT2D eigenvalue weighted by atomic mass is 16.5. The van der Waals surface area contributed by atoms with E-state index in [2.05, 4.69) is 16.0 Å². The summed E-state index contributed by atoms with van der Waals surface area (Å²) in [6.45, 7) is 7.52. The van der Waals surface area contributed by atoms with Gasteiger partial charge < -0.3 is 24.7 Å². The van der Waals surface area contributed by atoms with Gasteiger partial charge in [0, 0.05) is 30.8 Å². The molecule has 2 aromatic carbocycles. The summed E-state index contributed by atoms with van der Waals surface area (Å²) >= 11 is 0. The van der Waals surface area contributed by atoms with Gasteiger partial charge in [-0.3, -0.25) is 4.90 Å². The molecule has 0 amide bonds. The molecule has 1 aromatic heterocycles. The molecule has 3 aromatic rings. The lowest BCUT2D eigenvalue weighted by Crippen LogP contribution is -2.51. The van der Waals surface area contributed by atoms with Crippen molar-refractivity contribution in [2.45, 2.75) is 38.0 Å². The minimum Gasteiger partial charge on any atom is -0.484 e. The van der Waals surface area contributed by atoms with Crippen molar-refractivity contribution in [3.8, 4) is 23.3 Å². The Labute approximate surface area is 192 Å². The molecule has 1 fully saturated rings. The largest absolute Gasteiger partial charge is 0.484 e. The van der Waals surface area contributed by atoms with Gasteiger partial charge in [-0.1, -0.05) is 12.1 Å². The predicted octanol–water partition coefficient (Wildman–Crippen LogP) is 2.77. The van der Waals surface area contributed by atoms with Gasteiger partial charge in [-0.15, -0.1) is 0 Å². The topological polar surface area (TPSA) is 118 Å². The second-order valence-corrected chi connectivity index (χ2v) is 9.17. The minimum absolute atomic E-state index is 0.383. The summed E-state index contributed by atoms with van der Waals surface area (Å²) in [5.74, 6) is 0.996. The van der Waals surface area contributed by atoms with Crippen molar-refractivity contribution in [2.75, 3.05) is 32.8 Å². The van der Waals surface area contributed by atoms with Crippen molar-refractivity contribution in [1.29, 1.82) is 5.26 Å². The SMILES string of the molecule is CC1(C)Oc2c(cc(C#N)c(-c3nc4ccccc4o3)c2CCN2CCOCC2)C(N)C1O. The Morgan fingerprint density at radius 2 is 2.03 bits per heavy atom. The number of oxazole rings is 1. The normalized spacial score (nSPS) is 22.5. The molecule has 0 saturated carbocycles. The molecule has 0 spiro atoms. The number of nitrogens with two attached hydrogens (primary N) is 1. The van der Waals surface area contributed by atoms with Crippen LogP contribution < -0.4 is 10.5 Å². The molecule has 0 radical (unpaired) electrons. The van der Waals surface area contributed by atoms with Gasteiger partial charge in [0.15, 0.2) is 5.58 Å². The second kappa shape index (κ2) is 8.43. The lowest BCUT2D eigenvalue weighted by atomic mass is 9.83. The van der Waals surface area contributed by atoms with Crippen LogP contribution in [0.1, 0.15) is 36.6 Å². The smallest absolute Gasteiger partial charge is 0.229 e. The fourth-order valence-electron chi connectivity index (χ4n) is 4.68. The quantitative estimate of drug-likeness (QED) is 0.626. The van der Waals surface area contributed by atoms with Crippen LogP contribution in [-0.4, -0.2) is 59.5 Å². The Bertz CT molecular complexity index is 1190. The highest BCUT2D eigenvalue weighted by molar-refractivity contribution is 5.80. The zero-order valence-electron chi connectivity index (χ0n) is 18.9. The van der Waals surface area contributed by atoms with Gasteiger partial charge in [0.2, 0.25) is 5.89 Å². The number of rotatable bonds is 4. The van der Waals surface area contributed by atoms with Crippen LogP contribution in [0.4, 0.5) is 0 Å². The first kappa shape index (κ1) is 21.9. The van der Waals surface area contributed by atoms with E-state index in [1.165, 1.54) is 0 Å². The number of nitrogens with zero attached hydrogens (tertiary/aromatic N) is 3. The molecule has 8 heteroatoms.